The molecule has 2 N–H and O–H groups in total. The second-order valence-corrected chi connectivity index (χ2v) is 4.40. The van der Waals surface area contributed by atoms with Crippen LogP contribution in [0.3, 0.4) is 0 Å². The monoisotopic (exact) mass is 294 g/mol. The molecule has 0 fully saturated rings. The standard InChI is InChI=1S/C7H4FIN2S/c8-3-1-2-4-6(5(3)9)11-7(10)12-4/h1-2H,(H2,10,11). The molecule has 0 unspecified atom stereocenters. The molecule has 0 aliphatic heterocycles. The lowest BCUT2D eigenvalue weighted by Gasteiger charge is -1.92. The van der Waals surface area contributed by atoms with Crippen LogP contribution in [-0.2, 0) is 0 Å². The molecule has 0 saturated heterocycles. The van der Waals surface area contributed by atoms with Crippen molar-refractivity contribution in [2.75, 3.05) is 5.73 Å². The summed E-state index contributed by atoms with van der Waals surface area (Å²) in [5.41, 5.74) is 6.16. The van der Waals surface area contributed by atoms with Gasteiger partial charge in [0.1, 0.15) is 5.82 Å². The van der Waals surface area contributed by atoms with Crippen LogP contribution in [0.5, 0.6) is 0 Å². The Morgan fingerprint density at radius 1 is 1.50 bits per heavy atom. The molecule has 0 bridgehead atoms. The first-order chi connectivity index (χ1) is 5.68. The highest BCUT2D eigenvalue weighted by Gasteiger charge is 2.08. The van der Waals surface area contributed by atoms with Gasteiger partial charge in [-0.05, 0) is 34.7 Å². The molecular formula is C7H4FIN2S. The third kappa shape index (κ3) is 1.16. The Hall–Kier alpha value is -0.430. The molecule has 2 nitrogen and oxygen atoms in total. The Balaban J connectivity index is 2.89. The number of nitrogens with zero attached hydrogens (tertiary/aromatic N) is 1. The fraction of sp³-hybridized carbons (Fsp3) is 0. The minimum Gasteiger partial charge on any atom is -0.375 e. The molecule has 0 aliphatic rings. The van der Waals surface area contributed by atoms with E-state index in [-0.39, 0.29) is 5.82 Å². The first-order valence-corrected chi connectivity index (χ1v) is 5.08. The summed E-state index contributed by atoms with van der Waals surface area (Å²) in [5.74, 6) is -0.242. The molecule has 62 valence electrons. The maximum absolute atomic E-state index is 13.0. The number of rotatable bonds is 0. The Bertz CT molecular complexity index is 440. The van der Waals surface area contributed by atoms with Crippen LogP contribution in [0.15, 0.2) is 12.1 Å². The number of thiazole rings is 1. The van der Waals surface area contributed by atoms with Gasteiger partial charge in [-0.25, -0.2) is 9.37 Å². The predicted molar refractivity (Wildman–Crippen MR) is 56.7 cm³/mol. The van der Waals surface area contributed by atoms with E-state index in [9.17, 15) is 4.39 Å². The second-order valence-electron chi connectivity index (χ2n) is 2.26. The van der Waals surface area contributed by atoms with Crippen LogP contribution in [0.25, 0.3) is 10.2 Å². The van der Waals surface area contributed by atoms with Crippen LogP contribution >= 0.6 is 33.9 Å². The lowest BCUT2D eigenvalue weighted by molar-refractivity contribution is 0.622. The van der Waals surface area contributed by atoms with Gasteiger partial charge in [0.15, 0.2) is 5.13 Å². The van der Waals surface area contributed by atoms with Gasteiger partial charge in [0, 0.05) is 0 Å². The normalized spacial score (nSPS) is 10.8. The zero-order valence-electron chi connectivity index (χ0n) is 5.84. The summed E-state index contributed by atoms with van der Waals surface area (Å²) in [6.07, 6.45) is 0. The van der Waals surface area contributed by atoms with Crippen molar-refractivity contribution in [3.63, 3.8) is 0 Å². The zero-order chi connectivity index (χ0) is 8.72. The third-order valence-corrected chi connectivity index (χ3v) is 3.34. The van der Waals surface area contributed by atoms with Gasteiger partial charge in [-0.1, -0.05) is 11.3 Å². The van der Waals surface area contributed by atoms with E-state index in [0.29, 0.717) is 14.2 Å². The molecule has 0 saturated carbocycles. The fourth-order valence-corrected chi connectivity index (χ4v) is 2.47. The molecule has 2 rings (SSSR count). The van der Waals surface area contributed by atoms with E-state index < -0.39 is 0 Å². The number of nitrogen functional groups attached to an aromatic ring is 1. The van der Waals surface area contributed by atoms with Crippen molar-refractivity contribution in [1.82, 2.24) is 4.98 Å². The van der Waals surface area contributed by atoms with Gasteiger partial charge in [0.05, 0.1) is 13.8 Å². The van der Waals surface area contributed by atoms with Crippen molar-refractivity contribution in [2.45, 2.75) is 0 Å². The predicted octanol–water partition coefficient (Wildman–Crippen LogP) is 2.62. The van der Waals surface area contributed by atoms with Crippen LogP contribution in [0.1, 0.15) is 0 Å². The minimum atomic E-state index is -0.242. The summed E-state index contributed by atoms with van der Waals surface area (Å²) >= 11 is 3.30. The number of fused-ring (bicyclic) bond motifs is 1. The highest BCUT2D eigenvalue weighted by atomic mass is 127. The first-order valence-electron chi connectivity index (χ1n) is 3.18. The van der Waals surface area contributed by atoms with Crippen LogP contribution in [0.2, 0.25) is 0 Å². The van der Waals surface area contributed by atoms with E-state index in [4.69, 9.17) is 5.73 Å². The van der Waals surface area contributed by atoms with Crippen LogP contribution in [0.4, 0.5) is 9.52 Å². The van der Waals surface area contributed by atoms with E-state index in [1.165, 1.54) is 17.4 Å². The number of benzene rings is 1. The molecule has 0 spiro atoms. The van der Waals surface area contributed by atoms with Crippen molar-refractivity contribution >= 4 is 49.3 Å². The van der Waals surface area contributed by atoms with Crippen LogP contribution in [-0.4, -0.2) is 4.98 Å². The third-order valence-electron chi connectivity index (χ3n) is 1.47. The highest BCUT2D eigenvalue weighted by Crippen LogP contribution is 2.28. The lowest BCUT2D eigenvalue weighted by atomic mass is 10.3. The van der Waals surface area contributed by atoms with Crippen LogP contribution < -0.4 is 5.73 Å². The average molecular weight is 294 g/mol. The molecule has 1 heterocycles. The Morgan fingerprint density at radius 2 is 2.25 bits per heavy atom. The molecule has 0 amide bonds. The SMILES string of the molecule is Nc1nc2c(I)c(F)ccc2s1. The second kappa shape index (κ2) is 2.81. The van der Waals surface area contributed by atoms with E-state index >= 15 is 0 Å². The van der Waals surface area contributed by atoms with Crippen molar-refractivity contribution in [3.05, 3.63) is 21.5 Å². The van der Waals surface area contributed by atoms with Gasteiger partial charge < -0.3 is 5.73 Å². The van der Waals surface area contributed by atoms with Crippen molar-refractivity contribution in [1.29, 1.82) is 0 Å². The van der Waals surface area contributed by atoms with E-state index in [0.717, 1.165) is 4.70 Å². The maximum atomic E-state index is 13.0. The molecule has 0 atom stereocenters. The zero-order valence-corrected chi connectivity index (χ0v) is 8.82. The van der Waals surface area contributed by atoms with Gasteiger partial charge in [0.2, 0.25) is 0 Å². The number of halogens is 2. The summed E-state index contributed by atoms with van der Waals surface area (Å²) in [4.78, 5) is 4.02. The molecule has 0 radical (unpaired) electrons. The summed E-state index contributed by atoms with van der Waals surface area (Å²) in [7, 11) is 0. The van der Waals surface area contributed by atoms with Gasteiger partial charge in [0.25, 0.3) is 0 Å². The highest BCUT2D eigenvalue weighted by molar-refractivity contribution is 14.1. The molecule has 5 heteroatoms. The average Bonchev–Trinajstić information content (AvgIpc) is 2.39. The van der Waals surface area contributed by atoms with Gasteiger partial charge in [-0.2, -0.15) is 0 Å². The lowest BCUT2D eigenvalue weighted by Crippen LogP contribution is -1.84. The number of aromatic nitrogens is 1. The number of hydrogen-bond donors (Lipinski definition) is 1. The van der Waals surface area contributed by atoms with Gasteiger partial charge >= 0.3 is 0 Å². The van der Waals surface area contributed by atoms with Crippen molar-refractivity contribution in [2.24, 2.45) is 0 Å². The van der Waals surface area contributed by atoms with Crippen molar-refractivity contribution in [3.8, 4) is 0 Å². The van der Waals surface area contributed by atoms with Gasteiger partial charge in [-0.3, -0.25) is 0 Å². The van der Waals surface area contributed by atoms with Gasteiger partial charge in [-0.15, -0.1) is 0 Å². The van der Waals surface area contributed by atoms with E-state index in [2.05, 4.69) is 4.98 Å². The molecule has 0 aliphatic carbocycles. The molecule has 12 heavy (non-hydrogen) atoms. The number of hydrogen-bond acceptors (Lipinski definition) is 3. The molecule has 1 aromatic heterocycles. The largest absolute Gasteiger partial charge is 0.375 e. The fourth-order valence-electron chi connectivity index (χ4n) is 0.954. The number of anilines is 1. The van der Waals surface area contributed by atoms with Crippen LogP contribution in [0, 0.1) is 9.39 Å². The molecule has 2 aromatic rings. The summed E-state index contributed by atoms with van der Waals surface area (Å²) in [6, 6.07) is 3.13. The summed E-state index contributed by atoms with van der Waals surface area (Å²) in [6.45, 7) is 0. The maximum Gasteiger partial charge on any atom is 0.181 e. The topological polar surface area (TPSA) is 38.9 Å². The molecule has 1 aromatic carbocycles. The Morgan fingerprint density at radius 3 is 3.00 bits per heavy atom. The van der Waals surface area contributed by atoms with E-state index in [1.54, 1.807) is 6.07 Å². The minimum absolute atomic E-state index is 0.242. The molecular weight excluding hydrogens is 290 g/mol. The number of nitrogens with two attached hydrogens (primary N) is 1. The smallest absolute Gasteiger partial charge is 0.181 e. The Labute approximate surface area is 85.7 Å². The first kappa shape index (κ1) is 8.18. The Kier molecular flexibility index (Phi) is 1.91. The summed E-state index contributed by atoms with van der Waals surface area (Å²) < 4.78 is 14.4. The van der Waals surface area contributed by atoms with E-state index in [1.807, 2.05) is 22.6 Å². The quantitative estimate of drug-likeness (QED) is 0.759. The van der Waals surface area contributed by atoms with Crippen molar-refractivity contribution < 1.29 is 4.39 Å². The summed E-state index contributed by atoms with van der Waals surface area (Å²) in [5, 5.41) is 0.480.